The van der Waals surface area contributed by atoms with Gasteiger partial charge in [-0.25, -0.2) is 4.98 Å². The molecule has 1 N–H and O–H groups in total. The highest BCUT2D eigenvalue weighted by molar-refractivity contribution is 7.13. The number of anilines is 1. The van der Waals surface area contributed by atoms with Crippen LogP contribution >= 0.6 is 11.3 Å². The average Bonchev–Trinajstić information content (AvgIpc) is 2.61. The number of nitrogens with one attached hydrogen (secondary N) is 1. The molecule has 0 amide bonds. The van der Waals surface area contributed by atoms with Crippen molar-refractivity contribution in [3.05, 3.63) is 11.6 Å². The van der Waals surface area contributed by atoms with Crippen molar-refractivity contribution in [3.63, 3.8) is 0 Å². The van der Waals surface area contributed by atoms with E-state index in [4.69, 9.17) is 0 Å². The van der Waals surface area contributed by atoms with E-state index in [0.717, 1.165) is 17.7 Å². The number of nitrogens with zero attached hydrogens (tertiary/aromatic N) is 2. The normalized spacial score (nSPS) is 26.2. The highest BCUT2D eigenvalue weighted by Gasteiger charge is 2.31. The average molecular weight is 211 g/mol. The predicted octanol–water partition coefficient (Wildman–Crippen LogP) is 2.04. The minimum Gasteiger partial charge on any atom is -0.359 e. The predicted molar refractivity (Wildman–Crippen MR) is 60.9 cm³/mol. The van der Waals surface area contributed by atoms with Crippen molar-refractivity contribution in [1.29, 1.82) is 0 Å². The van der Waals surface area contributed by atoms with Crippen molar-refractivity contribution in [2.24, 2.45) is 0 Å². The van der Waals surface area contributed by atoms with Gasteiger partial charge in [0, 0.05) is 23.7 Å². The van der Waals surface area contributed by atoms with E-state index in [1.165, 1.54) is 12.8 Å². The summed E-state index contributed by atoms with van der Waals surface area (Å²) in [6, 6.07) is 1.41. The maximum absolute atomic E-state index is 4.22. The van der Waals surface area contributed by atoms with Crippen LogP contribution in [-0.2, 0) is 0 Å². The summed E-state index contributed by atoms with van der Waals surface area (Å²) in [5, 5.41) is 6.52. The molecule has 0 unspecified atom stereocenters. The van der Waals surface area contributed by atoms with Crippen molar-refractivity contribution in [3.8, 4) is 0 Å². The zero-order chi connectivity index (χ0) is 9.97. The summed E-state index contributed by atoms with van der Waals surface area (Å²) in [7, 11) is 2.20. The Morgan fingerprint density at radius 3 is 3.00 bits per heavy atom. The minimum atomic E-state index is 0.639. The first-order chi connectivity index (χ1) is 6.79. The molecular formula is C10H17N3S. The molecule has 0 bridgehead atoms. The van der Waals surface area contributed by atoms with E-state index in [9.17, 15) is 0 Å². The van der Waals surface area contributed by atoms with Gasteiger partial charge in [0.05, 0.1) is 0 Å². The van der Waals surface area contributed by atoms with Crippen LogP contribution in [0.3, 0.4) is 0 Å². The molecule has 1 heterocycles. The molecule has 1 saturated carbocycles. The lowest BCUT2D eigenvalue weighted by Gasteiger charge is -2.41. The molecule has 78 valence electrons. The molecular weight excluding hydrogens is 194 g/mol. The smallest absolute Gasteiger partial charge is 0.182 e. The zero-order valence-electron chi connectivity index (χ0n) is 8.73. The lowest BCUT2D eigenvalue weighted by molar-refractivity contribution is 0.153. The molecule has 0 radical (unpaired) electrons. The van der Waals surface area contributed by atoms with Gasteiger partial charge in [-0.1, -0.05) is 6.92 Å². The van der Waals surface area contributed by atoms with E-state index in [-0.39, 0.29) is 0 Å². The highest BCUT2D eigenvalue weighted by atomic mass is 32.1. The third-order valence-corrected chi connectivity index (χ3v) is 3.70. The fourth-order valence-electron chi connectivity index (χ4n) is 1.79. The Kier molecular flexibility index (Phi) is 3.03. The van der Waals surface area contributed by atoms with Gasteiger partial charge in [0.25, 0.3) is 0 Å². The van der Waals surface area contributed by atoms with Gasteiger partial charge in [0.1, 0.15) is 0 Å². The molecule has 1 aliphatic carbocycles. The Morgan fingerprint density at radius 2 is 2.43 bits per heavy atom. The molecule has 1 aliphatic rings. The molecule has 0 spiro atoms. The Bertz CT molecular complexity index is 267. The van der Waals surface area contributed by atoms with Gasteiger partial charge in [0.15, 0.2) is 5.13 Å². The van der Waals surface area contributed by atoms with Gasteiger partial charge < -0.3 is 10.2 Å². The van der Waals surface area contributed by atoms with Crippen molar-refractivity contribution < 1.29 is 0 Å². The second kappa shape index (κ2) is 4.28. The monoisotopic (exact) mass is 211 g/mol. The number of aromatic nitrogens is 1. The first kappa shape index (κ1) is 9.93. The first-order valence-electron chi connectivity index (χ1n) is 5.16. The summed E-state index contributed by atoms with van der Waals surface area (Å²) in [5.41, 5.74) is 0. The van der Waals surface area contributed by atoms with Crippen LogP contribution in [0.25, 0.3) is 0 Å². The number of hydrogen-bond acceptors (Lipinski definition) is 4. The maximum atomic E-state index is 4.22. The van der Waals surface area contributed by atoms with Crippen molar-refractivity contribution in [2.45, 2.75) is 31.8 Å². The van der Waals surface area contributed by atoms with Crippen LogP contribution < -0.4 is 5.32 Å². The lowest BCUT2D eigenvalue weighted by Crippen LogP contribution is -2.48. The maximum Gasteiger partial charge on any atom is 0.182 e. The van der Waals surface area contributed by atoms with Crippen molar-refractivity contribution in [1.82, 2.24) is 9.88 Å². The SMILES string of the molecule is CCN(C)C1CC(Nc2nccs2)C1. The van der Waals surface area contributed by atoms with Crippen LogP contribution in [0.5, 0.6) is 0 Å². The molecule has 0 aliphatic heterocycles. The van der Waals surface area contributed by atoms with Gasteiger partial charge >= 0.3 is 0 Å². The van der Waals surface area contributed by atoms with E-state index >= 15 is 0 Å². The summed E-state index contributed by atoms with van der Waals surface area (Å²) in [4.78, 5) is 6.64. The van der Waals surface area contributed by atoms with E-state index in [1.54, 1.807) is 11.3 Å². The zero-order valence-corrected chi connectivity index (χ0v) is 9.55. The topological polar surface area (TPSA) is 28.2 Å². The fourth-order valence-corrected chi connectivity index (χ4v) is 2.40. The standard InChI is InChI=1S/C10H17N3S/c1-3-13(2)9-6-8(7-9)12-10-11-4-5-14-10/h4-5,8-9H,3,6-7H2,1-2H3,(H,11,12). The summed E-state index contributed by atoms with van der Waals surface area (Å²) in [5.74, 6) is 0. The molecule has 0 atom stereocenters. The lowest BCUT2D eigenvalue weighted by atomic mass is 9.86. The number of hydrogen-bond donors (Lipinski definition) is 1. The Balaban J connectivity index is 1.73. The summed E-state index contributed by atoms with van der Waals surface area (Å²) in [6.45, 7) is 3.36. The Labute approximate surface area is 89.1 Å². The van der Waals surface area contributed by atoms with E-state index in [0.29, 0.717) is 6.04 Å². The minimum absolute atomic E-state index is 0.639. The summed E-state index contributed by atoms with van der Waals surface area (Å²) >= 11 is 1.68. The number of thiazole rings is 1. The molecule has 0 aromatic carbocycles. The van der Waals surface area contributed by atoms with Crippen LogP contribution in [0.15, 0.2) is 11.6 Å². The third-order valence-electron chi connectivity index (χ3n) is 3.00. The second-order valence-electron chi connectivity index (χ2n) is 3.88. The van der Waals surface area contributed by atoms with Crippen molar-refractivity contribution >= 4 is 16.5 Å². The van der Waals surface area contributed by atoms with Crippen LogP contribution in [0.1, 0.15) is 19.8 Å². The van der Waals surface area contributed by atoms with Crippen molar-refractivity contribution in [2.75, 3.05) is 18.9 Å². The fraction of sp³-hybridized carbons (Fsp3) is 0.700. The largest absolute Gasteiger partial charge is 0.359 e. The molecule has 14 heavy (non-hydrogen) atoms. The van der Waals surface area contributed by atoms with Gasteiger partial charge in [-0.05, 0) is 26.4 Å². The van der Waals surface area contributed by atoms with Gasteiger partial charge in [-0.15, -0.1) is 11.3 Å². The summed E-state index contributed by atoms with van der Waals surface area (Å²) < 4.78 is 0. The van der Waals surface area contributed by atoms with Gasteiger partial charge in [-0.2, -0.15) is 0 Å². The third kappa shape index (κ3) is 2.07. The molecule has 1 fully saturated rings. The van der Waals surface area contributed by atoms with Crippen LogP contribution in [0.2, 0.25) is 0 Å². The van der Waals surface area contributed by atoms with Crippen LogP contribution in [-0.4, -0.2) is 35.6 Å². The van der Waals surface area contributed by atoms with E-state index in [2.05, 4.69) is 29.2 Å². The van der Waals surface area contributed by atoms with Gasteiger partial charge in [0.2, 0.25) is 0 Å². The molecule has 3 nitrogen and oxygen atoms in total. The van der Waals surface area contributed by atoms with E-state index in [1.807, 2.05) is 11.6 Å². The second-order valence-corrected chi connectivity index (χ2v) is 4.77. The summed E-state index contributed by atoms with van der Waals surface area (Å²) in [6.07, 6.45) is 4.36. The molecule has 0 saturated heterocycles. The van der Waals surface area contributed by atoms with Gasteiger partial charge in [-0.3, -0.25) is 0 Å². The van der Waals surface area contributed by atoms with Crippen LogP contribution in [0.4, 0.5) is 5.13 Å². The molecule has 2 rings (SSSR count). The quantitative estimate of drug-likeness (QED) is 0.826. The highest BCUT2D eigenvalue weighted by Crippen LogP contribution is 2.28. The first-order valence-corrected chi connectivity index (χ1v) is 6.04. The molecule has 4 heteroatoms. The molecule has 1 aromatic rings. The van der Waals surface area contributed by atoms with Crippen LogP contribution in [0, 0.1) is 0 Å². The molecule has 1 aromatic heterocycles. The Hall–Kier alpha value is -0.610. The van der Waals surface area contributed by atoms with E-state index < -0.39 is 0 Å². The Morgan fingerprint density at radius 1 is 1.64 bits per heavy atom. The number of rotatable bonds is 4.